The molecule has 0 saturated heterocycles. The first-order valence-corrected chi connectivity index (χ1v) is 6.99. The molecule has 0 spiro atoms. The molecule has 1 aliphatic heterocycles. The molecule has 3 heteroatoms. The van der Waals surface area contributed by atoms with Crippen LogP contribution in [0.1, 0.15) is 25.5 Å². The predicted molar refractivity (Wildman–Crippen MR) is 82.5 cm³/mol. The van der Waals surface area contributed by atoms with Crippen molar-refractivity contribution in [2.45, 2.75) is 19.8 Å². The average molecular weight is 286 g/mol. The van der Waals surface area contributed by atoms with E-state index < -0.39 is 0 Å². The van der Waals surface area contributed by atoms with Crippen molar-refractivity contribution < 1.29 is 4.42 Å². The van der Waals surface area contributed by atoms with Crippen LogP contribution >= 0.6 is 11.6 Å². The lowest BCUT2D eigenvalue weighted by Crippen LogP contribution is -2.14. The van der Waals surface area contributed by atoms with Gasteiger partial charge in [-0.1, -0.05) is 23.8 Å². The molecule has 20 heavy (non-hydrogen) atoms. The Balaban J connectivity index is 1.90. The van der Waals surface area contributed by atoms with Gasteiger partial charge in [-0.2, -0.15) is 0 Å². The van der Waals surface area contributed by atoms with E-state index >= 15 is 0 Å². The van der Waals surface area contributed by atoms with Crippen LogP contribution in [0.15, 0.2) is 64.4 Å². The van der Waals surface area contributed by atoms with Gasteiger partial charge in [0.2, 0.25) is 0 Å². The molecule has 1 aromatic heterocycles. The van der Waals surface area contributed by atoms with Crippen molar-refractivity contribution in [3.63, 3.8) is 0 Å². The summed E-state index contributed by atoms with van der Waals surface area (Å²) in [5, 5.41) is 4.02. The van der Waals surface area contributed by atoms with Crippen LogP contribution in [0.5, 0.6) is 0 Å². The third-order valence-corrected chi connectivity index (χ3v) is 3.59. The Bertz CT molecular complexity index is 661. The van der Waals surface area contributed by atoms with Crippen molar-refractivity contribution in [3.05, 3.63) is 70.7 Å². The van der Waals surface area contributed by atoms with Gasteiger partial charge in [-0.15, -0.1) is 0 Å². The number of rotatable bonds is 2. The van der Waals surface area contributed by atoms with Gasteiger partial charge in [0.05, 0.1) is 5.92 Å². The number of hydrogen-bond donors (Lipinski definition) is 1. The Labute approximate surface area is 123 Å². The van der Waals surface area contributed by atoms with E-state index in [1.807, 2.05) is 36.4 Å². The molecule has 102 valence electrons. The minimum Gasteiger partial charge on any atom is -0.460 e. The Morgan fingerprint density at radius 2 is 1.60 bits per heavy atom. The molecule has 1 aromatic carbocycles. The van der Waals surface area contributed by atoms with E-state index in [4.69, 9.17) is 16.0 Å². The monoisotopic (exact) mass is 285 g/mol. The van der Waals surface area contributed by atoms with E-state index in [-0.39, 0.29) is 5.92 Å². The van der Waals surface area contributed by atoms with Crippen LogP contribution in [0, 0.1) is 0 Å². The van der Waals surface area contributed by atoms with E-state index in [9.17, 15) is 0 Å². The number of halogens is 1. The summed E-state index contributed by atoms with van der Waals surface area (Å²) < 4.78 is 5.99. The molecule has 0 radical (unpaired) electrons. The first-order chi connectivity index (χ1) is 9.61. The first kappa shape index (κ1) is 13.1. The van der Waals surface area contributed by atoms with Crippen molar-refractivity contribution in [2.75, 3.05) is 0 Å². The second-order valence-corrected chi connectivity index (χ2v) is 5.50. The number of allylic oxidation sites excluding steroid dienone is 4. The lowest BCUT2D eigenvalue weighted by atomic mass is 10.0. The highest BCUT2D eigenvalue weighted by Gasteiger charge is 2.15. The summed E-state index contributed by atoms with van der Waals surface area (Å²) in [4.78, 5) is 0. The molecule has 0 bridgehead atoms. The highest BCUT2D eigenvalue weighted by Crippen LogP contribution is 2.30. The summed E-state index contributed by atoms with van der Waals surface area (Å²) >= 11 is 5.91. The molecule has 0 amide bonds. The van der Waals surface area contributed by atoms with Crippen LogP contribution in [0.25, 0.3) is 11.3 Å². The molecule has 1 N–H and O–H groups in total. The molecular weight excluding hydrogens is 270 g/mol. The van der Waals surface area contributed by atoms with E-state index in [0.29, 0.717) is 0 Å². The second kappa shape index (κ2) is 5.22. The van der Waals surface area contributed by atoms with Crippen molar-refractivity contribution in [1.82, 2.24) is 5.32 Å². The molecule has 2 aromatic rings. The van der Waals surface area contributed by atoms with Gasteiger partial charge >= 0.3 is 0 Å². The number of benzene rings is 1. The van der Waals surface area contributed by atoms with Gasteiger partial charge in [-0.25, -0.2) is 0 Å². The summed E-state index contributed by atoms with van der Waals surface area (Å²) in [6.45, 7) is 4.12. The molecule has 0 atom stereocenters. The largest absolute Gasteiger partial charge is 0.460 e. The summed E-state index contributed by atoms with van der Waals surface area (Å²) in [7, 11) is 0. The van der Waals surface area contributed by atoms with Crippen molar-refractivity contribution in [3.8, 4) is 11.3 Å². The van der Waals surface area contributed by atoms with E-state index in [0.717, 1.165) is 33.5 Å². The van der Waals surface area contributed by atoms with Gasteiger partial charge in [0, 0.05) is 22.0 Å². The summed E-state index contributed by atoms with van der Waals surface area (Å²) in [6, 6.07) is 11.7. The highest BCUT2D eigenvalue weighted by atomic mass is 35.5. The fourth-order valence-corrected chi connectivity index (χ4v) is 2.57. The van der Waals surface area contributed by atoms with Gasteiger partial charge in [0.25, 0.3) is 0 Å². The highest BCUT2D eigenvalue weighted by molar-refractivity contribution is 6.30. The average Bonchev–Trinajstić information content (AvgIpc) is 2.88. The Morgan fingerprint density at radius 3 is 2.25 bits per heavy atom. The molecule has 0 aliphatic carbocycles. The zero-order chi connectivity index (χ0) is 14.1. The van der Waals surface area contributed by atoms with Gasteiger partial charge in [0.15, 0.2) is 0 Å². The summed E-state index contributed by atoms with van der Waals surface area (Å²) in [5.74, 6) is 2.01. The molecule has 3 rings (SSSR count). The fraction of sp³-hybridized carbons (Fsp3) is 0.176. The maximum absolute atomic E-state index is 5.99. The normalized spacial score (nSPS) is 15.6. The maximum atomic E-state index is 5.99. The quantitative estimate of drug-likeness (QED) is 0.831. The minimum atomic E-state index is 0.192. The van der Waals surface area contributed by atoms with Gasteiger partial charge < -0.3 is 9.73 Å². The lowest BCUT2D eigenvalue weighted by molar-refractivity contribution is 0.519. The van der Waals surface area contributed by atoms with E-state index in [1.54, 1.807) is 0 Å². The summed E-state index contributed by atoms with van der Waals surface area (Å²) in [5.41, 5.74) is 3.34. The van der Waals surface area contributed by atoms with Crippen LogP contribution in [-0.2, 0) is 0 Å². The number of furan rings is 1. The molecule has 0 unspecified atom stereocenters. The van der Waals surface area contributed by atoms with Gasteiger partial charge in [0.1, 0.15) is 11.5 Å². The van der Waals surface area contributed by atoms with Crippen LogP contribution < -0.4 is 5.32 Å². The molecule has 2 nitrogen and oxygen atoms in total. The smallest absolute Gasteiger partial charge is 0.134 e. The Kier molecular flexibility index (Phi) is 3.41. The lowest BCUT2D eigenvalue weighted by Gasteiger charge is -2.17. The van der Waals surface area contributed by atoms with Crippen LogP contribution in [0.4, 0.5) is 0 Å². The third-order valence-electron chi connectivity index (χ3n) is 3.34. The van der Waals surface area contributed by atoms with Crippen molar-refractivity contribution >= 4 is 11.6 Å². The second-order valence-electron chi connectivity index (χ2n) is 5.06. The topological polar surface area (TPSA) is 25.2 Å². The van der Waals surface area contributed by atoms with E-state index in [2.05, 4.69) is 31.3 Å². The van der Waals surface area contributed by atoms with Crippen LogP contribution in [-0.4, -0.2) is 0 Å². The standard InChI is InChI=1S/C17H16ClNO/c1-11-9-14(10-12(2)19-11)17-8-7-16(20-17)13-3-5-15(18)6-4-13/h3-10,14,19H,1-2H3. The molecular formula is C17H16ClNO. The fourth-order valence-electron chi connectivity index (χ4n) is 2.45. The third kappa shape index (κ3) is 2.66. The van der Waals surface area contributed by atoms with Crippen molar-refractivity contribution in [2.24, 2.45) is 0 Å². The molecule has 0 fully saturated rings. The molecule has 2 heterocycles. The summed E-state index contributed by atoms with van der Waals surface area (Å²) in [6.07, 6.45) is 4.33. The number of hydrogen-bond acceptors (Lipinski definition) is 2. The first-order valence-electron chi connectivity index (χ1n) is 6.61. The van der Waals surface area contributed by atoms with Crippen molar-refractivity contribution in [1.29, 1.82) is 0 Å². The zero-order valence-electron chi connectivity index (χ0n) is 11.5. The Morgan fingerprint density at radius 1 is 0.950 bits per heavy atom. The van der Waals surface area contributed by atoms with Gasteiger partial charge in [-0.05, 0) is 50.2 Å². The molecule has 0 saturated carbocycles. The van der Waals surface area contributed by atoms with E-state index in [1.165, 1.54) is 0 Å². The van der Waals surface area contributed by atoms with Crippen LogP contribution in [0.2, 0.25) is 5.02 Å². The number of nitrogens with one attached hydrogen (secondary N) is 1. The Hall–Kier alpha value is -1.93. The predicted octanol–water partition coefficient (Wildman–Crippen LogP) is 5.09. The maximum Gasteiger partial charge on any atom is 0.134 e. The zero-order valence-corrected chi connectivity index (χ0v) is 12.2. The number of dihydropyridines is 1. The van der Waals surface area contributed by atoms with Gasteiger partial charge in [-0.3, -0.25) is 0 Å². The SMILES string of the molecule is CC1=CC(c2ccc(-c3ccc(Cl)cc3)o2)C=C(C)N1. The van der Waals surface area contributed by atoms with Crippen LogP contribution in [0.3, 0.4) is 0 Å². The molecule has 1 aliphatic rings. The minimum absolute atomic E-state index is 0.192.